The molecule has 0 bridgehead atoms. The summed E-state index contributed by atoms with van der Waals surface area (Å²) >= 11 is 5.77. The summed E-state index contributed by atoms with van der Waals surface area (Å²) in [5, 5.41) is 0.151. The Kier molecular flexibility index (Phi) is 7.60. The Labute approximate surface area is 132 Å². The van der Waals surface area contributed by atoms with Crippen molar-refractivity contribution >= 4 is 11.6 Å². The fraction of sp³-hybridized carbons (Fsp3) is 0.625. The Hall–Kier alpha value is -0.680. The summed E-state index contributed by atoms with van der Waals surface area (Å²) in [5.41, 5.74) is 6.85. The molecule has 0 aliphatic carbocycles. The third kappa shape index (κ3) is 5.91. The van der Waals surface area contributed by atoms with Crippen LogP contribution in [0.15, 0.2) is 18.2 Å². The van der Waals surface area contributed by atoms with Crippen LogP contribution in [-0.2, 0) is 0 Å². The van der Waals surface area contributed by atoms with E-state index in [-0.39, 0.29) is 16.9 Å². The van der Waals surface area contributed by atoms with Crippen molar-refractivity contribution in [3.05, 3.63) is 34.6 Å². The van der Waals surface area contributed by atoms with Gasteiger partial charge < -0.3 is 10.6 Å². The van der Waals surface area contributed by atoms with Crippen molar-refractivity contribution in [2.24, 2.45) is 11.7 Å². The number of rotatable bonds is 8. The van der Waals surface area contributed by atoms with E-state index in [0.717, 1.165) is 25.2 Å². The molecule has 1 aromatic carbocycles. The average molecular weight is 316 g/mol. The maximum Gasteiger partial charge on any atom is 0.142 e. The molecule has 0 radical (unpaired) electrons. The highest BCUT2D eigenvalue weighted by Crippen LogP contribution is 2.24. The van der Waals surface area contributed by atoms with Crippen molar-refractivity contribution in [2.75, 3.05) is 40.3 Å². The molecule has 0 saturated carbocycles. The van der Waals surface area contributed by atoms with E-state index in [9.17, 15) is 4.39 Å². The zero-order valence-corrected chi connectivity index (χ0v) is 14.2. The molecule has 0 aliphatic rings. The van der Waals surface area contributed by atoms with E-state index in [2.05, 4.69) is 23.6 Å². The molecule has 0 spiro atoms. The zero-order valence-electron chi connectivity index (χ0n) is 13.4. The van der Waals surface area contributed by atoms with Gasteiger partial charge in [0.25, 0.3) is 0 Å². The van der Waals surface area contributed by atoms with Gasteiger partial charge in [0, 0.05) is 32.2 Å². The van der Waals surface area contributed by atoms with Gasteiger partial charge in [-0.25, -0.2) is 4.39 Å². The lowest BCUT2D eigenvalue weighted by atomic mass is 10.0. The molecule has 1 unspecified atom stereocenters. The maximum absolute atomic E-state index is 13.7. The molecule has 1 aromatic rings. The summed E-state index contributed by atoms with van der Waals surface area (Å²) in [6.07, 6.45) is 0. The Morgan fingerprint density at radius 3 is 2.38 bits per heavy atom. The molecular formula is C16H27ClFN3. The van der Waals surface area contributed by atoms with Crippen molar-refractivity contribution < 1.29 is 4.39 Å². The largest absolute Gasteiger partial charge is 0.329 e. The molecular weight excluding hydrogens is 289 g/mol. The molecule has 3 nitrogen and oxygen atoms in total. The number of likely N-dealkylation sites (N-methyl/N-ethyl adjacent to an activating group) is 1. The quantitative estimate of drug-likeness (QED) is 0.800. The van der Waals surface area contributed by atoms with Gasteiger partial charge >= 0.3 is 0 Å². The van der Waals surface area contributed by atoms with Crippen LogP contribution < -0.4 is 5.73 Å². The van der Waals surface area contributed by atoms with E-state index < -0.39 is 0 Å². The molecule has 1 atom stereocenters. The zero-order chi connectivity index (χ0) is 16.0. The molecule has 2 N–H and O–H groups in total. The maximum atomic E-state index is 13.7. The Balaban J connectivity index is 2.95. The summed E-state index contributed by atoms with van der Waals surface area (Å²) in [4.78, 5) is 4.47. The molecule has 0 saturated heterocycles. The van der Waals surface area contributed by atoms with Crippen LogP contribution in [0.2, 0.25) is 5.02 Å². The third-order valence-corrected chi connectivity index (χ3v) is 3.73. The normalized spacial score (nSPS) is 13.4. The standard InChI is InChI=1S/C16H27ClFN3/c1-12(2)11-21(8-7-20(3)4)16(10-19)13-5-6-14(17)15(18)9-13/h5-6,9,12,16H,7-8,10-11,19H2,1-4H3. The average Bonchev–Trinajstić information content (AvgIpc) is 2.40. The highest BCUT2D eigenvalue weighted by molar-refractivity contribution is 6.30. The first-order chi connectivity index (χ1) is 9.85. The molecule has 0 aliphatic heterocycles. The minimum Gasteiger partial charge on any atom is -0.329 e. The smallest absolute Gasteiger partial charge is 0.142 e. The molecule has 0 aromatic heterocycles. The first-order valence-electron chi connectivity index (χ1n) is 7.39. The fourth-order valence-corrected chi connectivity index (χ4v) is 2.50. The van der Waals surface area contributed by atoms with Crippen molar-refractivity contribution in [3.63, 3.8) is 0 Å². The number of halogens is 2. The van der Waals surface area contributed by atoms with Gasteiger partial charge in [0.05, 0.1) is 5.02 Å². The Morgan fingerprint density at radius 2 is 1.90 bits per heavy atom. The Morgan fingerprint density at radius 1 is 1.24 bits per heavy atom. The van der Waals surface area contributed by atoms with Gasteiger partial charge in [0.1, 0.15) is 5.82 Å². The van der Waals surface area contributed by atoms with E-state index in [4.69, 9.17) is 17.3 Å². The summed E-state index contributed by atoms with van der Waals surface area (Å²) in [6.45, 7) is 7.59. The van der Waals surface area contributed by atoms with Crippen molar-refractivity contribution in [2.45, 2.75) is 19.9 Å². The second kappa shape index (κ2) is 8.69. The van der Waals surface area contributed by atoms with Crippen LogP contribution in [0.25, 0.3) is 0 Å². The van der Waals surface area contributed by atoms with Gasteiger partial charge in [-0.05, 0) is 37.7 Å². The molecule has 0 heterocycles. The SMILES string of the molecule is CC(C)CN(CCN(C)C)C(CN)c1ccc(Cl)c(F)c1. The number of nitrogens with zero attached hydrogens (tertiary/aromatic N) is 2. The summed E-state index contributed by atoms with van der Waals surface area (Å²) < 4.78 is 13.7. The minimum atomic E-state index is -0.385. The van der Waals surface area contributed by atoms with Crippen LogP contribution >= 0.6 is 11.6 Å². The lowest BCUT2D eigenvalue weighted by Gasteiger charge is -2.33. The van der Waals surface area contributed by atoms with Gasteiger partial charge in [-0.1, -0.05) is 31.5 Å². The third-order valence-electron chi connectivity index (χ3n) is 3.43. The van der Waals surface area contributed by atoms with Crippen LogP contribution in [0.5, 0.6) is 0 Å². The summed E-state index contributed by atoms with van der Waals surface area (Å²) in [5.74, 6) is 0.142. The lowest BCUT2D eigenvalue weighted by Crippen LogP contribution is -2.40. The molecule has 0 amide bonds. The lowest BCUT2D eigenvalue weighted by molar-refractivity contribution is 0.163. The predicted octanol–water partition coefficient (Wildman–Crippen LogP) is 3.00. The minimum absolute atomic E-state index is 0.0131. The summed E-state index contributed by atoms with van der Waals surface area (Å²) in [7, 11) is 4.10. The van der Waals surface area contributed by atoms with Gasteiger partial charge in [-0.15, -0.1) is 0 Å². The van der Waals surface area contributed by atoms with Crippen LogP contribution in [0.3, 0.4) is 0 Å². The first kappa shape index (κ1) is 18.4. The molecule has 1 rings (SSSR count). The summed E-state index contributed by atoms with van der Waals surface area (Å²) in [6, 6.07) is 4.99. The van der Waals surface area contributed by atoms with Gasteiger partial charge in [-0.3, -0.25) is 4.90 Å². The molecule has 5 heteroatoms. The van der Waals surface area contributed by atoms with Crippen molar-refractivity contribution in [3.8, 4) is 0 Å². The highest BCUT2D eigenvalue weighted by atomic mass is 35.5. The van der Waals surface area contributed by atoms with Crippen LogP contribution in [0.4, 0.5) is 4.39 Å². The predicted molar refractivity (Wildman–Crippen MR) is 88.2 cm³/mol. The first-order valence-corrected chi connectivity index (χ1v) is 7.76. The second-order valence-electron chi connectivity index (χ2n) is 6.12. The fourth-order valence-electron chi connectivity index (χ4n) is 2.39. The van der Waals surface area contributed by atoms with Gasteiger partial charge in [0.2, 0.25) is 0 Å². The number of hydrogen-bond donors (Lipinski definition) is 1. The molecule has 21 heavy (non-hydrogen) atoms. The molecule has 0 fully saturated rings. The van der Waals surface area contributed by atoms with E-state index in [1.54, 1.807) is 6.07 Å². The highest BCUT2D eigenvalue weighted by Gasteiger charge is 2.21. The van der Waals surface area contributed by atoms with Crippen LogP contribution in [0, 0.1) is 11.7 Å². The van der Waals surface area contributed by atoms with E-state index in [1.807, 2.05) is 20.2 Å². The molecule has 120 valence electrons. The van der Waals surface area contributed by atoms with Gasteiger partial charge in [-0.2, -0.15) is 0 Å². The monoisotopic (exact) mass is 315 g/mol. The van der Waals surface area contributed by atoms with Crippen molar-refractivity contribution in [1.82, 2.24) is 9.80 Å². The van der Waals surface area contributed by atoms with Crippen LogP contribution in [-0.4, -0.2) is 50.1 Å². The number of hydrogen-bond acceptors (Lipinski definition) is 3. The van der Waals surface area contributed by atoms with Gasteiger partial charge in [0.15, 0.2) is 0 Å². The Bertz CT molecular complexity index is 438. The van der Waals surface area contributed by atoms with E-state index >= 15 is 0 Å². The van der Waals surface area contributed by atoms with E-state index in [1.165, 1.54) is 6.07 Å². The van der Waals surface area contributed by atoms with E-state index in [0.29, 0.717) is 12.5 Å². The van der Waals surface area contributed by atoms with Crippen LogP contribution in [0.1, 0.15) is 25.5 Å². The van der Waals surface area contributed by atoms with Crippen molar-refractivity contribution in [1.29, 1.82) is 0 Å². The number of benzene rings is 1. The number of nitrogens with two attached hydrogens (primary N) is 1. The topological polar surface area (TPSA) is 32.5 Å². The second-order valence-corrected chi connectivity index (χ2v) is 6.52.